The molecule has 0 spiro atoms. The van der Waals surface area contributed by atoms with E-state index in [1.54, 1.807) is 6.20 Å². The summed E-state index contributed by atoms with van der Waals surface area (Å²) < 4.78 is 8.03. The van der Waals surface area contributed by atoms with Crippen molar-refractivity contribution in [2.45, 2.75) is 38.9 Å². The second-order valence-corrected chi connectivity index (χ2v) is 9.70. The van der Waals surface area contributed by atoms with E-state index < -0.39 is 0 Å². The number of halogens is 1. The zero-order valence-corrected chi connectivity index (χ0v) is 21.6. The fourth-order valence-electron chi connectivity index (χ4n) is 4.41. The van der Waals surface area contributed by atoms with Gasteiger partial charge in [-0.15, -0.1) is 0 Å². The summed E-state index contributed by atoms with van der Waals surface area (Å²) in [5, 5.41) is 14.9. The molecule has 0 amide bonds. The molecule has 184 valence electrons. The SMILES string of the molecule is C=C1C(N)=CC(COCC(C)c2cnn3c2C(C)C/C=C(Cl)/C=C\3B(C)C#N)=CN1c1ccccn1. The van der Waals surface area contributed by atoms with Gasteiger partial charge in [0, 0.05) is 46.5 Å². The third-order valence-electron chi connectivity index (χ3n) is 6.46. The highest BCUT2D eigenvalue weighted by atomic mass is 35.5. The number of aromatic nitrogens is 3. The van der Waals surface area contributed by atoms with Crippen molar-refractivity contribution in [2.24, 2.45) is 5.73 Å². The second kappa shape index (κ2) is 11.0. The van der Waals surface area contributed by atoms with E-state index in [1.165, 1.54) is 0 Å². The molecule has 4 rings (SSSR count). The van der Waals surface area contributed by atoms with Crippen molar-refractivity contribution >= 4 is 29.7 Å². The molecule has 7 nitrogen and oxygen atoms in total. The third-order valence-corrected chi connectivity index (χ3v) is 6.72. The minimum absolute atomic E-state index is 0.0982. The molecule has 0 aromatic carbocycles. The molecule has 2 aromatic rings. The lowest BCUT2D eigenvalue weighted by Gasteiger charge is -2.27. The van der Waals surface area contributed by atoms with Crippen LogP contribution in [0.1, 0.15) is 43.4 Å². The van der Waals surface area contributed by atoms with Crippen LogP contribution in [0.2, 0.25) is 6.82 Å². The highest BCUT2D eigenvalue weighted by Crippen LogP contribution is 2.34. The number of anilines is 1. The molecule has 2 aliphatic rings. The van der Waals surface area contributed by atoms with Crippen molar-refractivity contribution in [1.29, 1.82) is 5.26 Å². The Kier molecular flexibility index (Phi) is 7.83. The van der Waals surface area contributed by atoms with Gasteiger partial charge in [-0.2, -0.15) is 5.10 Å². The van der Waals surface area contributed by atoms with E-state index in [1.807, 2.05) is 65.2 Å². The summed E-state index contributed by atoms with van der Waals surface area (Å²) in [4.78, 5) is 6.28. The van der Waals surface area contributed by atoms with E-state index in [9.17, 15) is 5.26 Å². The summed E-state index contributed by atoms with van der Waals surface area (Å²) in [7, 11) is 0. The van der Waals surface area contributed by atoms with Gasteiger partial charge in [0.15, 0.2) is 0 Å². The van der Waals surface area contributed by atoms with E-state index >= 15 is 0 Å². The summed E-state index contributed by atoms with van der Waals surface area (Å²) in [6.45, 7) is 10.8. The van der Waals surface area contributed by atoms with Crippen molar-refractivity contribution < 1.29 is 4.74 Å². The van der Waals surface area contributed by atoms with E-state index in [0.29, 0.717) is 29.6 Å². The Morgan fingerprint density at radius 2 is 2.19 bits per heavy atom. The monoisotopic (exact) mass is 500 g/mol. The van der Waals surface area contributed by atoms with Crippen LogP contribution in [-0.2, 0) is 4.74 Å². The Bertz CT molecular complexity index is 1300. The Balaban J connectivity index is 1.50. The van der Waals surface area contributed by atoms with Gasteiger partial charge in [-0.05, 0) is 41.8 Å². The molecule has 0 saturated heterocycles. The van der Waals surface area contributed by atoms with E-state index in [2.05, 4.69) is 36.5 Å². The molecular formula is C27H30BClN6O. The molecule has 4 heterocycles. The fraction of sp³-hybridized carbons (Fsp3) is 0.296. The smallest absolute Gasteiger partial charge is 0.319 e. The quantitative estimate of drug-likeness (QED) is 0.515. The van der Waals surface area contributed by atoms with Crippen molar-refractivity contribution in [3.05, 3.63) is 94.9 Å². The maximum atomic E-state index is 9.56. The molecule has 2 aliphatic heterocycles. The number of allylic oxidation sites excluding steroid dienone is 3. The number of fused-ring (bicyclic) bond motifs is 1. The molecule has 9 heteroatoms. The summed E-state index contributed by atoms with van der Waals surface area (Å²) in [5.74, 6) is 3.35. The van der Waals surface area contributed by atoms with E-state index in [4.69, 9.17) is 22.1 Å². The Labute approximate surface area is 218 Å². The van der Waals surface area contributed by atoms with Crippen LogP contribution in [-0.4, -0.2) is 34.7 Å². The van der Waals surface area contributed by atoms with Gasteiger partial charge in [0.05, 0.1) is 30.8 Å². The molecule has 2 aromatic heterocycles. The molecule has 0 radical (unpaired) electrons. The molecule has 2 atom stereocenters. The lowest BCUT2D eigenvalue weighted by atomic mass is 9.50. The maximum Gasteiger partial charge on any atom is 0.319 e. The first kappa shape index (κ1) is 25.6. The van der Waals surface area contributed by atoms with Gasteiger partial charge in [-0.1, -0.05) is 51.0 Å². The average Bonchev–Trinajstić information content (AvgIpc) is 3.31. The van der Waals surface area contributed by atoms with Crippen molar-refractivity contribution in [1.82, 2.24) is 14.8 Å². The number of rotatable bonds is 7. The first-order chi connectivity index (χ1) is 17.3. The molecule has 2 unspecified atom stereocenters. The minimum atomic E-state index is -0.345. The normalized spacial score (nSPS) is 21.5. The fourth-order valence-corrected chi connectivity index (χ4v) is 4.61. The van der Waals surface area contributed by atoms with Crippen LogP contribution in [0.4, 0.5) is 5.82 Å². The molecule has 0 bridgehead atoms. The summed E-state index contributed by atoms with van der Waals surface area (Å²) in [5.41, 5.74) is 11.4. The number of ether oxygens (including phenoxy) is 1. The molecule has 0 aliphatic carbocycles. The summed E-state index contributed by atoms with van der Waals surface area (Å²) in [6, 6.07) is 5.71. The predicted molar refractivity (Wildman–Crippen MR) is 146 cm³/mol. The number of hydrogen-bond donors (Lipinski definition) is 1. The zero-order chi connectivity index (χ0) is 25.8. The molecule has 36 heavy (non-hydrogen) atoms. The summed E-state index contributed by atoms with van der Waals surface area (Å²) in [6.07, 6.45) is 12.1. The van der Waals surface area contributed by atoms with Gasteiger partial charge in [0.1, 0.15) is 5.82 Å². The van der Waals surface area contributed by atoms with Gasteiger partial charge in [0.25, 0.3) is 0 Å². The predicted octanol–water partition coefficient (Wildman–Crippen LogP) is 5.36. The van der Waals surface area contributed by atoms with Crippen LogP contribution in [0.25, 0.3) is 5.60 Å². The Hall–Kier alpha value is -3.54. The minimum Gasteiger partial charge on any atom is -0.397 e. The number of nitrogens with zero attached hydrogens (tertiary/aromatic N) is 5. The zero-order valence-electron chi connectivity index (χ0n) is 20.9. The lowest BCUT2D eigenvalue weighted by molar-refractivity contribution is 0.145. The van der Waals surface area contributed by atoms with E-state index in [-0.39, 0.29) is 18.5 Å². The Morgan fingerprint density at radius 1 is 1.39 bits per heavy atom. The van der Waals surface area contributed by atoms with Crippen LogP contribution in [0.5, 0.6) is 0 Å². The van der Waals surface area contributed by atoms with Gasteiger partial charge in [-0.3, -0.25) is 0 Å². The third kappa shape index (κ3) is 5.33. The van der Waals surface area contributed by atoms with Crippen molar-refractivity contribution in [2.75, 3.05) is 18.1 Å². The molecule has 0 fully saturated rings. The number of nitriles is 1. The van der Waals surface area contributed by atoms with Crippen LogP contribution < -0.4 is 10.6 Å². The molecular weight excluding hydrogens is 471 g/mol. The van der Waals surface area contributed by atoms with Crippen LogP contribution in [0.15, 0.2) is 83.6 Å². The first-order valence-corrected chi connectivity index (χ1v) is 12.4. The van der Waals surface area contributed by atoms with E-state index in [0.717, 1.165) is 34.7 Å². The highest BCUT2D eigenvalue weighted by molar-refractivity contribution is 6.82. The largest absolute Gasteiger partial charge is 0.397 e. The number of nitrogens with two attached hydrogens (primary N) is 1. The first-order valence-electron chi connectivity index (χ1n) is 12.0. The van der Waals surface area contributed by atoms with Gasteiger partial charge in [0.2, 0.25) is 0 Å². The summed E-state index contributed by atoms with van der Waals surface area (Å²) >= 11 is 6.38. The standard InChI is InChI=1S/C27H30BClN6O/c1-18-8-9-22(29)12-25(28(4)17-30)35-27(18)23(13-33-35)19(2)15-36-16-21-11-24(31)20(3)34(14-21)26-7-5-6-10-32-26/h5-7,9-14,18-19H,3,8,15-16,31H2,1-2,4H3/b22-9-,25-12-. The average molecular weight is 501 g/mol. The topological polar surface area (TPSA) is 93.0 Å². The van der Waals surface area contributed by atoms with Gasteiger partial charge >= 0.3 is 6.71 Å². The van der Waals surface area contributed by atoms with Crippen LogP contribution in [0, 0.1) is 11.2 Å². The second-order valence-electron chi connectivity index (χ2n) is 9.27. The highest BCUT2D eigenvalue weighted by Gasteiger charge is 2.27. The number of pyridine rings is 1. The van der Waals surface area contributed by atoms with Crippen LogP contribution >= 0.6 is 11.6 Å². The maximum absolute atomic E-state index is 9.56. The molecule has 0 saturated carbocycles. The lowest BCUT2D eigenvalue weighted by Crippen LogP contribution is -2.25. The van der Waals surface area contributed by atoms with Crippen molar-refractivity contribution in [3.8, 4) is 5.97 Å². The van der Waals surface area contributed by atoms with Gasteiger partial charge < -0.3 is 15.4 Å². The van der Waals surface area contributed by atoms with Gasteiger partial charge in [-0.25, -0.2) is 14.9 Å². The van der Waals surface area contributed by atoms with Crippen LogP contribution in [0.3, 0.4) is 0 Å². The molecule has 2 N–H and O–H groups in total. The van der Waals surface area contributed by atoms with Crippen molar-refractivity contribution in [3.63, 3.8) is 0 Å². The Morgan fingerprint density at radius 3 is 2.92 bits per heavy atom. The number of hydrogen-bond acceptors (Lipinski definition) is 6.